The molecule has 1 aromatic carbocycles. The van der Waals surface area contributed by atoms with Crippen molar-refractivity contribution in [1.29, 1.82) is 5.41 Å². The van der Waals surface area contributed by atoms with Gasteiger partial charge < -0.3 is 5.73 Å². The molecule has 0 saturated heterocycles. The van der Waals surface area contributed by atoms with Gasteiger partial charge in [0.2, 0.25) is 0 Å². The van der Waals surface area contributed by atoms with Crippen molar-refractivity contribution in [2.75, 3.05) is 0 Å². The summed E-state index contributed by atoms with van der Waals surface area (Å²) >= 11 is 0. The molecule has 0 aliphatic rings. The molecule has 0 unspecified atom stereocenters. The van der Waals surface area contributed by atoms with Gasteiger partial charge in [0, 0.05) is 11.8 Å². The molecular weight excluding hydrogens is 200 g/mol. The molecule has 0 radical (unpaired) electrons. The molecule has 0 fully saturated rings. The molecule has 0 aliphatic heterocycles. The van der Waals surface area contributed by atoms with Gasteiger partial charge in [0.15, 0.2) is 0 Å². The van der Waals surface area contributed by atoms with E-state index < -0.39 is 0 Å². The number of nitrogens with two attached hydrogens (primary N) is 1. The summed E-state index contributed by atoms with van der Waals surface area (Å²) in [5.41, 5.74) is 9.36. The Morgan fingerprint density at radius 2 is 2.12 bits per heavy atom. The van der Waals surface area contributed by atoms with Gasteiger partial charge in [-0.1, -0.05) is 0 Å². The Morgan fingerprint density at radius 1 is 1.38 bits per heavy atom. The third-order valence-corrected chi connectivity index (χ3v) is 2.47. The SMILES string of the molecule is Cc1cnn(-c2ccc(C(=N)N)cc2C)c1. The van der Waals surface area contributed by atoms with Crippen LogP contribution in [0.25, 0.3) is 5.69 Å². The van der Waals surface area contributed by atoms with Crippen LogP contribution in [0, 0.1) is 19.3 Å². The number of rotatable bonds is 2. The predicted octanol–water partition coefficient (Wildman–Crippen LogP) is 1.77. The quantitative estimate of drug-likeness (QED) is 0.591. The van der Waals surface area contributed by atoms with Gasteiger partial charge in [-0.15, -0.1) is 0 Å². The maximum Gasteiger partial charge on any atom is 0.122 e. The molecule has 3 N–H and O–H groups in total. The Balaban J connectivity index is 2.47. The number of hydrogen-bond acceptors (Lipinski definition) is 2. The summed E-state index contributed by atoms with van der Waals surface area (Å²) in [4.78, 5) is 0. The highest BCUT2D eigenvalue weighted by atomic mass is 15.3. The highest BCUT2D eigenvalue weighted by Crippen LogP contribution is 2.15. The van der Waals surface area contributed by atoms with Crippen LogP contribution in [0.2, 0.25) is 0 Å². The van der Waals surface area contributed by atoms with Crippen LogP contribution >= 0.6 is 0 Å². The summed E-state index contributed by atoms with van der Waals surface area (Å²) in [5.74, 6) is 0.0892. The topological polar surface area (TPSA) is 67.7 Å². The predicted molar refractivity (Wildman–Crippen MR) is 64.1 cm³/mol. The van der Waals surface area contributed by atoms with Crippen LogP contribution in [0.15, 0.2) is 30.6 Å². The minimum Gasteiger partial charge on any atom is -0.384 e. The van der Waals surface area contributed by atoms with Gasteiger partial charge in [-0.25, -0.2) is 4.68 Å². The first-order valence-corrected chi connectivity index (χ1v) is 5.04. The van der Waals surface area contributed by atoms with E-state index in [1.54, 1.807) is 0 Å². The third kappa shape index (κ3) is 1.82. The fraction of sp³-hybridized carbons (Fsp3) is 0.167. The standard InChI is InChI=1S/C12H14N4/c1-8-6-15-16(7-8)11-4-3-10(12(13)14)5-9(11)2/h3-7H,1-2H3,(H3,13,14). The zero-order valence-corrected chi connectivity index (χ0v) is 9.36. The maximum absolute atomic E-state index is 7.37. The molecule has 0 amide bonds. The van der Waals surface area contributed by atoms with Gasteiger partial charge >= 0.3 is 0 Å². The van der Waals surface area contributed by atoms with E-state index in [1.807, 2.05) is 49.1 Å². The largest absolute Gasteiger partial charge is 0.384 e. The molecule has 1 aromatic heterocycles. The molecule has 0 aliphatic carbocycles. The lowest BCUT2D eigenvalue weighted by atomic mass is 10.1. The van der Waals surface area contributed by atoms with Crippen LogP contribution in [-0.4, -0.2) is 15.6 Å². The zero-order valence-electron chi connectivity index (χ0n) is 9.36. The van der Waals surface area contributed by atoms with Crippen LogP contribution in [-0.2, 0) is 0 Å². The van der Waals surface area contributed by atoms with Crippen molar-refractivity contribution in [2.45, 2.75) is 13.8 Å². The zero-order chi connectivity index (χ0) is 11.7. The van der Waals surface area contributed by atoms with E-state index in [-0.39, 0.29) is 5.84 Å². The molecule has 4 heteroatoms. The number of hydrogen-bond donors (Lipinski definition) is 2. The Bertz CT molecular complexity index is 540. The molecular formula is C12H14N4. The van der Waals surface area contributed by atoms with Crippen molar-refractivity contribution < 1.29 is 0 Å². The van der Waals surface area contributed by atoms with E-state index in [0.29, 0.717) is 0 Å². The van der Waals surface area contributed by atoms with Crippen molar-refractivity contribution in [3.05, 3.63) is 47.3 Å². The number of nitrogens with one attached hydrogen (secondary N) is 1. The maximum atomic E-state index is 7.37. The summed E-state index contributed by atoms with van der Waals surface area (Å²) in [7, 11) is 0. The molecule has 0 saturated carbocycles. The van der Waals surface area contributed by atoms with E-state index in [9.17, 15) is 0 Å². The fourth-order valence-electron chi connectivity index (χ4n) is 1.62. The molecule has 2 aromatic rings. The van der Waals surface area contributed by atoms with E-state index >= 15 is 0 Å². The van der Waals surface area contributed by atoms with Crippen molar-refractivity contribution in [3.63, 3.8) is 0 Å². The summed E-state index contributed by atoms with van der Waals surface area (Å²) in [5, 5.41) is 11.6. The van der Waals surface area contributed by atoms with Gasteiger partial charge in [0.05, 0.1) is 11.9 Å². The first kappa shape index (κ1) is 10.4. The summed E-state index contributed by atoms with van der Waals surface area (Å²) in [6.45, 7) is 3.99. The normalized spacial score (nSPS) is 10.4. The number of amidine groups is 1. The van der Waals surface area contributed by atoms with Crippen molar-refractivity contribution in [3.8, 4) is 5.69 Å². The Kier molecular flexibility index (Phi) is 2.48. The molecule has 4 nitrogen and oxygen atoms in total. The van der Waals surface area contributed by atoms with Gasteiger partial charge in [-0.3, -0.25) is 5.41 Å². The van der Waals surface area contributed by atoms with Crippen molar-refractivity contribution in [2.24, 2.45) is 5.73 Å². The smallest absolute Gasteiger partial charge is 0.122 e. The van der Waals surface area contributed by atoms with Gasteiger partial charge in [0.25, 0.3) is 0 Å². The van der Waals surface area contributed by atoms with E-state index in [0.717, 1.165) is 22.4 Å². The molecule has 82 valence electrons. The van der Waals surface area contributed by atoms with Crippen LogP contribution < -0.4 is 5.73 Å². The average Bonchev–Trinajstić information content (AvgIpc) is 2.64. The highest BCUT2D eigenvalue weighted by molar-refractivity contribution is 5.95. The lowest BCUT2D eigenvalue weighted by Gasteiger charge is -2.07. The molecule has 0 spiro atoms. The van der Waals surface area contributed by atoms with Crippen LogP contribution in [0.5, 0.6) is 0 Å². The minimum absolute atomic E-state index is 0.0892. The highest BCUT2D eigenvalue weighted by Gasteiger charge is 2.04. The summed E-state index contributed by atoms with van der Waals surface area (Å²) < 4.78 is 1.83. The van der Waals surface area contributed by atoms with E-state index in [2.05, 4.69) is 5.10 Å². The lowest BCUT2D eigenvalue weighted by molar-refractivity contribution is 0.872. The molecule has 2 rings (SSSR count). The van der Waals surface area contributed by atoms with Gasteiger partial charge in [-0.2, -0.15) is 5.10 Å². The molecule has 16 heavy (non-hydrogen) atoms. The van der Waals surface area contributed by atoms with Gasteiger partial charge in [0.1, 0.15) is 5.84 Å². The second-order valence-corrected chi connectivity index (χ2v) is 3.88. The first-order chi connectivity index (χ1) is 7.58. The Labute approximate surface area is 94.2 Å². The van der Waals surface area contributed by atoms with Crippen molar-refractivity contribution >= 4 is 5.84 Å². The number of aromatic nitrogens is 2. The molecule has 1 heterocycles. The van der Waals surface area contributed by atoms with E-state index in [1.165, 1.54) is 0 Å². The fourth-order valence-corrected chi connectivity index (χ4v) is 1.62. The monoisotopic (exact) mass is 214 g/mol. The van der Waals surface area contributed by atoms with Gasteiger partial charge in [-0.05, 0) is 43.2 Å². The van der Waals surface area contributed by atoms with Crippen LogP contribution in [0.1, 0.15) is 16.7 Å². The molecule has 0 bridgehead atoms. The van der Waals surface area contributed by atoms with E-state index in [4.69, 9.17) is 11.1 Å². The second-order valence-electron chi connectivity index (χ2n) is 3.88. The summed E-state index contributed by atoms with van der Waals surface area (Å²) in [6, 6.07) is 5.66. The number of benzene rings is 1. The summed E-state index contributed by atoms with van der Waals surface area (Å²) in [6.07, 6.45) is 3.79. The number of nitrogens with zero attached hydrogens (tertiary/aromatic N) is 2. The first-order valence-electron chi connectivity index (χ1n) is 5.04. The number of aryl methyl sites for hydroxylation is 2. The Hall–Kier alpha value is -2.10. The minimum atomic E-state index is 0.0892. The van der Waals surface area contributed by atoms with Crippen molar-refractivity contribution in [1.82, 2.24) is 9.78 Å². The number of nitrogen functional groups attached to an aromatic ring is 1. The lowest BCUT2D eigenvalue weighted by Crippen LogP contribution is -2.11. The second kappa shape index (κ2) is 3.81. The van der Waals surface area contributed by atoms with Crippen LogP contribution in [0.3, 0.4) is 0 Å². The third-order valence-electron chi connectivity index (χ3n) is 2.47. The molecule has 0 atom stereocenters. The van der Waals surface area contributed by atoms with Crippen LogP contribution in [0.4, 0.5) is 0 Å². The Morgan fingerprint density at radius 3 is 2.62 bits per heavy atom. The average molecular weight is 214 g/mol.